The van der Waals surface area contributed by atoms with Crippen molar-refractivity contribution in [3.63, 3.8) is 0 Å². The van der Waals surface area contributed by atoms with Gasteiger partial charge in [-0.05, 0) is 20.3 Å². The summed E-state index contributed by atoms with van der Waals surface area (Å²) < 4.78 is 31.2. The predicted octanol–water partition coefficient (Wildman–Crippen LogP) is 2.27. The monoisotopic (exact) mass is 374 g/mol. The quantitative estimate of drug-likeness (QED) is 0.795. The van der Waals surface area contributed by atoms with Gasteiger partial charge in [0.25, 0.3) is 5.88 Å². The van der Waals surface area contributed by atoms with Crippen molar-refractivity contribution in [3.8, 4) is 11.6 Å². The largest absolute Gasteiger partial charge is 0.484 e. The third-order valence-electron chi connectivity index (χ3n) is 4.90. The number of ether oxygens (including phenoxy) is 3. The molecule has 2 aliphatic rings. The Hall–Kier alpha value is -2.32. The van der Waals surface area contributed by atoms with Crippen molar-refractivity contribution in [2.75, 3.05) is 19.8 Å². The molecule has 4 heterocycles. The van der Waals surface area contributed by atoms with Crippen LogP contribution in [0.25, 0.3) is 0 Å². The molecule has 2 aliphatic heterocycles. The highest BCUT2D eigenvalue weighted by Gasteiger charge is 2.31. The summed E-state index contributed by atoms with van der Waals surface area (Å²) in [5.41, 5.74) is 1.32. The topological polar surface area (TPSA) is 69.6 Å². The molecule has 0 amide bonds. The fraction of sp³-hybridized carbons (Fsp3) is 0.526. The van der Waals surface area contributed by atoms with E-state index in [2.05, 4.69) is 26.8 Å². The van der Waals surface area contributed by atoms with Gasteiger partial charge in [0.2, 0.25) is 0 Å². The number of rotatable bonds is 5. The molecule has 0 aromatic carbocycles. The molecule has 0 radical (unpaired) electrons. The van der Waals surface area contributed by atoms with Crippen LogP contribution in [-0.4, -0.2) is 51.8 Å². The Morgan fingerprint density at radius 1 is 1.26 bits per heavy atom. The van der Waals surface area contributed by atoms with Gasteiger partial charge < -0.3 is 14.2 Å². The van der Waals surface area contributed by atoms with Crippen LogP contribution in [0.4, 0.5) is 4.39 Å². The Morgan fingerprint density at radius 2 is 2.04 bits per heavy atom. The number of aryl methyl sites for hydroxylation is 1. The van der Waals surface area contributed by atoms with Gasteiger partial charge in [-0.2, -0.15) is 0 Å². The maximum Gasteiger partial charge on any atom is 0.257 e. The summed E-state index contributed by atoms with van der Waals surface area (Å²) in [6.45, 7) is 6.44. The third-order valence-corrected chi connectivity index (χ3v) is 4.90. The zero-order valence-corrected chi connectivity index (χ0v) is 15.5. The van der Waals surface area contributed by atoms with Crippen LogP contribution in [0.3, 0.4) is 0 Å². The number of aromatic nitrogens is 3. The molecule has 2 aromatic rings. The number of likely N-dealkylation sites (tertiary alicyclic amines) is 1. The van der Waals surface area contributed by atoms with Gasteiger partial charge in [-0.1, -0.05) is 0 Å². The van der Waals surface area contributed by atoms with Gasteiger partial charge >= 0.3 is 0 Å². The normalized spacial score (nSPS) is 22.2. The van der Waals surface area contributed by atoms with Crippen molar-refractivity contribution < 1.29 is 18.6 Å². The lowest BCUT2D eigenvalue weighted by atomic mass is 10.2. The van der Waals surface area contributed by atoms with Crippen molar-refractivity contribution >= 4 is 0 Å². The number of nitrogens with zero attached hydrogens (tertiary/aromatic N) is 4. The van der Waals surface area contributed by atoms with Gasteiger partial charge in [0, 0.05) is 43.2 Å². The standard InChI is InChI=1S/C19H23FN4O3/c1-12-5-15(27-11-14-7-21-13(2)22-8-14)9-24(12)10-17-16(20)6-18-19(23-17)26-4-3-25-18/h6-8,12,15H,3-5,9-11H2,1-2H3/t12-,15+/m0/s1. The fourth-order valence-electron chi connectivity index (χ4n) is 3.39. The minimum absolute atomic E-state index is 0.0848. The maximum absolute atomic E-state index is 14.4. The van der Waals surface area contributed by atoms with E-state index in [4.69, 9.17) is 14.2 Å². The number of hydrogen-bond acceptors (Lipinski definition) is 7. The van der Waals surface area contributed by atoms with Crippen LogP contribution in [0, 0.1) is 12.7 Å². The molecule has 1 saturated heterocycles. The zero-order chi connectivity index (χ0) is 18.8. The fourth-order valence-corrected chi connectivity index (χ4v) is 3.39. The summed E-state index contributed by atoms with van der Waals surface area (Å²) in [5.74, 6) is 1.12. The molecule has 0 bridgehead atoms. The van der Waals surface area contributed by atoms with Crippen LogP contribution in [0.15, 0.2) is 18.5 Å². The Bertz CT molecular complexity index is 802. The lowest BCUT2D eigenvalue weighted by Crippen LogP contribution is -2.29. The molecule has 0 N–H and O–H groups in total. The first-order valence-corrected chi connectivity index (χ1v) is 9.16. The second-order valence-corrected chi connectivity index (χ2v) is 7.00. The summed E-state index contributed by atoms with van der Waals surface area (Å²) in [7, 11) is 0. The van der Waals surface area contributed by atoms with E-state index in [1.54, 1.807) is 12.4 Å². The van der Waals surface area contributed by atoms with Gasteiger partial charge in [0.15, 0.2) is 5.75 Å². The molecule has 2 atom stereocenters. The molecule has 7 nitrogen and oxygen atoms in total. The van der Waals surface area contributed by atoms with E-state index in [9.17, 15) is 4.39 Å². The van der Waals surface area contributed by atoms with Crippen LogP contribution < -0.4 is 9.47 Å². The lowest BCUT2D eigenvalue weighted by Gasteiger charge is -2.22. The van der Waals surface area contributed by atoms with E-state index in [0.717, 1.165) is 24.4 Å². The van der Waals surface area contributed by atoms with Crippen LogP contribution in [0.2, 0.25) is 0 Å². The van der Waals surface area contributed by atoms with Gasteiger partial charge in [0.05, 0.1) is 18.4 Å². The average molecular weight is 374 g/mol. The number of pyridine rings is 1. The number of halogens is 1. The van der Waals surface area contributed by atoms with Crippen LogP contribution in [0.5, 0.6) is 11.6 Å². The first kappa shape index (κ1) is 18.1. The van der Waals surface area contributed by atoms with E-state index in [-0.39, 0.29) is 18.0 Å². The highest BCUT2D eigenvalue weighted by molar-refractivity contribution is 5.36. The van der Waals surface area contributed by atoms with Crippen LogP contribution in [0.1, 0.15) is 30.4 Å². The summed E-state index contributed by atoms with van der Waals surface area (Å²) in [6, 6.07) is 1.64. The number of fused-ring (bicyclic) bond motifs is 1. The predicted molar refractivity (Wildman–Crippen MR) is 95.0 cm³/mol. The van der Waals surface area contributed by atoms with E-state index >= 15 is 0 Å². The summed E-state index contributed by atoms with van der Waals surface area (Å²) in [5, 5.41) is 0. The molecule has 0 aliphatic carbocycles. The van der Waals surface area contributed by atoms with Gasteiger partial charge in [0.1, 0.15) is 24.9 Å². The maximum atomic E-state index is 14.4. The van der Waals surface area contributed by atoms with Gasteiger partial charge in [-0.3, -0.25) is 4.90 Å². The first-order valence-electron chi connectivity index (χ1n) is 9.16. The van der Waals surface area contributed by atoms with E-state index in [0.29, 0.717) is 43.7 Å². The molecular formula is C19H23FN4O3. The van der Waals surface area contributed by atoms with Crippen molar-refractivity contribution in [1.29, 1.82) is 0 Å². The molecule has 8 heteroatoms. The summed E-state index contributed by atoms with van der Waals surface area (Å²) >= 11 is 0. The Labute approximate surface area is 157 Å². The van der Waals surface area contributed by atoms with E-state index < -0.39 is 0 Å². The van der Waals surface area contributed by atoms with Gasteiger partial charge in [-0.15, -0.1) is 0 Å². The lowest BCUT2D eigenvalue weighted by molar-refractivity contribution is 0.0456. The van der Waals surface area contributed by atoms with Crippen molar-refractivity contribution in [2.45, 2.75) is 45.6 Å². The van der Waals surface area contributed by atoms with E-state index in [1.807, 2.05) is 6.92 Å². The highest BCUT2D eigenvalue weighted by Crippen LogP contribution is 2.31. The summed E-state index contributed by atoms with van der Waals surface area (Å²) in [6.07, 6.45) is 4.54. The molecule has 27 heavy (non-hydrogen) atoms. The Morgan fingerprint density at radius 3 is 2.85 bits per heavy atom. The minimum Gasteiger partial charge on any atom is -0.484 e. The number of hydrogen-bond donors (Lipinski definition) is 0. The van der Waals surface area contributed by atoms with Crippen LogP contribution in [-0.2, 0) is 17.9 Å². The molecule has 0 saturated carbocycles. The Balaban J connectivity index is 1.36. The average Bonchev–Trinajstić information content (AvgIpc) is 3.01. The molecule has 0 unspecified atom stereocenters. The van der Waals surface area contributed by atoms with Crippen molar-refractivity contribution in [2.24, 2.45) is 0 Å². The SMILES string of the molecule is Cc1ncc(CO[C@@H]2C[C@H](C)N(Cc3nc4c(cc3F)OCCO4)C2)cn1. The molecule has 4 rings (SSSR count). The Kier molecular flexibility index (Phi) is 5.18. The minimum atomic E-state index is -0.368. The van der Waals surface area contributed by atoms with Gasteiger partial charge in [-0.25, -0.2) is 19.3 Å². The second-order valence-electron chi connectivity index (χ2n) is 7.00. The molecule has 144 valence electrons. The highest BCUT2D eigenvalue weighted by atomic mass is 19.1. The smallest absolute Gasteiger partial charge is 0.257 e. The molecular weight excluding hydrogens is 351 g/mol. The van der Waals surface area contributed by atoms with Crippen LogP contribution >= 0.6 is 0 Å². The van der Waals surface area contributed by atoms with Crippen molar-refractivity contribution in [1.82, 2.24) is 19.9 Å². The molecule has 1 fully saturated rings. The zero-order valence-electron chi connectivity index (χ0n) is 15.5. The summed E-state index contributed by atoms with van der Waals surface area (Å²) in [4.78, 5) is 14.9. The first-order chi connectivity index (χ1) is 13.1. The van der Waals surface area contributed by atoms with E-state index in [1.165, 1.54) is 6.07 Å². The third kappa shape index (κ3) is 4.17. The second kappa shape index (κ2) is 7.74. The molecule has 0 spiro atoms. The van der Waals surface area contributed by atoms with Crippen molar-refractivity contribution in [3.05, 3.63) is 41.4 Å². The molecule has 2 aromatic heterocycles.